The minimum atomic E-state index is -4.79. The van der Waals surface area contributed by atoms with Gasteiger partial charge in [0, 0.05) is 0 Å². The number of phenols is 1. The van der Waals surface area contributed by atoms with Gasteiger partial charge < -0.3 is 15.0 Å². The van der Waals surface area contributed by atoms with E-state index in [0.717, 1.165) is 12.1 Å². The summed E-state index contributed by atoms with van der Waals surface area (Å²) < 4.78 is 37.3. The van der Waals surface area contributed by atoms with Crippen LogP contribution in [0.1, 0.15) is 5.56 Å². The molecule has 0 amide bonds. The standard InChI is InChI=1S/C7H6BF3O6/c9-7(10,11)4-2-1-3-5(12)6(4)15-17-8(13)16-14/h1-3,12-14H. The van der Waals surface area contributed by atoms with Gasteiger partial charge in [0.2, 0.25) is 5.75 Å². The normalized spacial score (nSPS) is 11.4. The van der Waals surface area contributed by atoms with Gasteiger partial charge in [-0.3, -0.25) is 5.26 Å². The molecule has 0 unspecified atom stereocenters. The highest BCUT2D eigenvalue weighted by Crippen LogP contribution is 2.41. The van der Waals surface area contributed by atoms with E-state index in [1.165, 1.54) is 0 Å². The summed E-state index contributed by atoms with van der Waals surface area (Å²) >= 11 is 0. The van der Waals surface area contributed by atoms with E-state index in [4.69, 9.17) is 15.4 Å². The molecule has 0 radical (unpaired) electrons. The smallest absolute Gasteiger partial charge is 0.504 e. The summed E-state index contributed by atoms with van der Waals surface area (Å²) in [5.41, 5.74) is -1.32. The van der Waals surface area contributed by atoms with Gasteiger partial charge in [-0.05, 0) is 12.1 Å². The van der Waals surface area contributed by atoms with E-state index in [2.05, 4.69) is 14.5 Å². The Morgan fingerprint density at radius 1 is 1.24 bits per heavy atom. The Morgan fingerprint density at radius 2 is 1.88 bits per heavy atom. The maximum Gasteiger partial charge on any atom is 0.703 e. The number of rotatable bonds is 4. The number of hydrogen-bond donors (Lipinski definition) is 3. The first-order valence-electron chi connectivity index (χ1n) is 4.07. The Morgan fingerprint density at radius 3 is 2.41 bits per heavy atom. The van der Waals surface area contributed by atoms with Crippen LogP contribution < -0.4 is 4.89 Å². The van der Waals surface area contributed by atoms with Crippen LogP contribution in [-0.4, -0.2) is 22.7 Å². The van der Waals surface area contributed by atoms with Crippen molar-refractivity contribution in [3.05, 3.63) is 23.8 Å². The summed E-state index contributed by atoms with van der Waals surface area (Å²) in [7, 11) is -2.31. The zero-order valence-electron chi connectivity index (χ0n) is 8.01. The first-order valence-corrected chi connectivity index (χ1v) is 4.07. The number of aromatic hydroxyl groups is 1. The van der Waals surface area contributed by atoms with Crippen molar-refractivity contribution in [2.75, 3.05) is 0 Å². The van der Waals surface area contributed by atoms with Gasteiger partial charge in [-0.1, -0.05) is 6.07 Å². The largest absolute Gasteiger partial charge is 0.703 e. The Bertz CT molecular complexity index is 384. The van der Waals surface area contributed by atoms with Crippen LogP contribution in [-0.2, 0) is 15.8 Å². The van der Waals surface area contributed by atoms with Gasteiger partial charge in [-0.2, -0.15) is 18.0 Å². The lowest BCUT2D eigenvalue weighted by molar-refractivity contribution is -0.231. The molecule has 0 aliphatic rings. The highest BCUT2D eigenvalue weighted by Gasteiger charge is 2.36. The Labute approximate surface area is 92.8 Å². The van der Waals surface area contributed by atoms with Crippen molar-refractivity contribution in [3.8, 4) is 11.5 Å². The molecule has 0 saturated heterocycles. The van der Waals surface area contributed by atoms with E-state index in [-0.39, 0.29) is 0 Å². The highest BCUT2D eigenvalue weighted by molar-refractivity contribution is 6.33. The number of para-hydroxylation sites is 1. The summed E-state index contributed by atoms with van der Waals surface area (Å²) in [4.78, 5) is 11.0. The average molecular weight is 254 g/mol. The molecule has 10 heteroatoms. The van der Waals surface area contributed by atoms with Crippen molar-refractivity contribution in [2.45, 2.75) is 6.18 Å². The lowest BCUT2D eigenvalue weighted by atomic mass is 10.2. The predicted octanol–water partition coefficient (Wildman–Crippen LogP) is 1.19. The second-order valence-electron chi connectivity index (χ2n) is 2.74. The molecule has 0 aliphatic heterocycles. The maximum absolute atomic E-state index is 12.4. The first kappa shape index (κ1) is 13.6. The number of phenolic OH excluding ortho intramolecular Hbond substituents is 1. The molecule has 1 aromatic rings. The number of benzene rings is 1. The van der Waals surface area contributed by atoms with E-state index >= 15 is 0 Å². The number of alkyl halides is 3. The van der Waals surface area contributed by atoms with E-state index < -0.39 is 30.6 Å². The molecule has 6 nitrogen and oxygen atoms in total. The minimum absolute atomic E-state index is 0.630. The number of halogens is 3. The van der Waals surface area contributed by atoms with Crippen LogP contribution in [0.5, 0.6) is 11.5 Å². The third kappa shape index (κ3) is 3.49. The topological polar surface area (TPSA) is 88.4 Å². The van der Waals surface area contributed by atoms with E-state index in [0.29, 0.717) is 6.07 Å². The van der Waals surface area contributed by atoms with Gasteiger partial charge in [0.05, 0.1) is 0 Å². The Hall–Kier alpha value is -1.49. The van der Waals surface area contributed by atoms with Crippen LogP contribution in [0.25, 0.3) is 0 Å². The molecule has 0 atom stereocenters. The van der Waals surface area contributed by atoms with Crippen LogP contribution in [0.15, 0.2) is 18.2 Å². The molecule has 0 saturated carbocycles. The second-order valence-corrected chi connectivity index (χ2v) is 2.74. The van der Waals surface area contributed by atoms with E-state index in [9.17, 15) is 13.2 Å². The molecule has 0 fully saturated rings. The summed E-state index contributed by atoms with van der Waals surface area (Å²) in [5.74, 6) is -1.92. The quantitative estimate of drug-likeness (QED) is 0.425. The van der Waals surface area contributed by atoms with Gasteiger partial charge in [0.25, 0.3) is 0 Å². The van der Waals surface area contributed by atoms with E-state index in [1.807, 2.05) is 0 Å². The molecule has 0 heterocycles. The van der Waals surface area contributed by atoms with Crippen LogP contribution in [0, 0.1) is 0 Å². The fourth-order valence-electron chi connectivity index (χ4n) is 0.942. The predicted molar refractivity (Wildman–Crippen MR) is 46.5 cm³/mol. The van der Waals surface area contributed by atoms with Crippen LogP contribution >= 0.6 is 0 Å². The zero-order chi connectivity index (χ0) is 13.1. The fourth-order valence-corrected chi connectivity index (χ4v) is 0.942. The molecule has 94 valence electrons. The van der Waals surface area contributed by atoms with Crippen molar-refractivity contribution in [3.63, 3.8) is 0 Å². The monoisotopic (exact) mass is 254 g/mol. The van der Waals surface area contributed by atoms with E-state index in [1.54, 1.807) is 0 Å². The summed E-state index contributed by atoms with van der Waals surface area (Å²) in [6.45, 7) is 0. The maximum atomic E-state index is 12.4. The number of hydrogen-bond acceptors (Lipinski definition) is 6. The second kappa shape index (κ2) is 5.23. The summed E-state index contributed by atoms with van der Waals surface area (Å²) in [6, 6.07) is 2.49. The zero-order valence-corrected chi connectivity index (χ0v) is 8.01. The van der Waals surface area contributed by atoms with Gasteiger partial charge in [0.1, 0.15) is 5.56 Å². The van der Waals surface area contributed by atoms with Crippen molar-refractivity contribution in [1.29, 1.82) is 0 Å². The fraction of sp³-hybridized carbons (Fsp3) is 0.143. The lowest BCUT2D eigenvalue weighted by Gasteiger charge is -2.13. The van der Waals surface area contributed by atoms with Crippen molar-refractivity contribution in [2.24, 2.45) is 0 Å². The van der Waals surface area contributed by atoms with Gasteiger partial charge in [0.15, 0.2) is 5.75 Å². The Kier molecular flexibility index (Phi) is 4.18. The van der Waals surface area contributed by atoms with Crippen LogP contribution in [0.2, 0.25) is 0 Å². The Balaban J connectivity index is 2.96. The SMILES string of the molecule is OOB(O)OOc1c(O)cccc1C(F)(F)F. The van der Waals surface area contributed by atoms with Crippen molar-refractivity contribution < 1.29 is 43.1 Å². The molecule has 3 N–H and O–H groups in total. The average Bonchev–Trinajstić information content (AvgIpc) is 2.25. The van der Waals surface area contributed by atoms with Gasteiger partial charge in [-0.25, -0.2) is 4.81 Å². The van der Waals surface area contributed by atoms with Crippen LogP contribution in [0.3, 0.4) is 0 Å². The van der Waals surface area contributed by atoms with Crippen LogP contribution in [0.4, 0.5) is 13.2 Å². The van der Waals surface area contributed by atoms with Crippen molar-refractivity contribution in [1.82, 2.24) is 0 Å². The molecule has 1 rings (SSSR count). The van der Waals surface area contributed by atoms with Gasteiger partial charge >= 0.3 is 13.5 Å². The molecule has 0 bridgehead atoms. The molecular weight excluding hydrogens is 248 g/mol. The minimum Gasteiger partial charge on any atom is -0.504 e. The first-order chi connectivity index (χ1) is 7.86. The molecular formula is C7H6BF3O6. The molecule has 0 spiro atoms. The summed E-state index contributed by atoms with van der Waals surface area (Å²) in [5, 5.41) is 25.5. The molecule has 0 aromatic heterocycles. The summed E-state index contributed by atoms with van der Waals surface area (Å²) in [6.07, 6.45) is -4.79. The molecule has 1 aromatic carbocycles. The van der Waals surface area contributed by atoms with Gasteiger partial charge in [-0.15, -0.1) is 0 Å². The van der Waals surface area contributed by atoms with Crippen molar-refractivity contribution >= 4 is 7.32 Å². The molecule has 17 heavy (non-hydrogen) atoms. The highest BCUT2D eigenvalue weighted by atomic mass is 19.4. The third-order valence-electron chi connectivity index (χ3n) is 1.60. The lowest BCUT2D eigenvalue weighted by Crippen LogP contribution is -2.23. The molecule has 0 aliphatic carbocycles. The third-order valence-corrected chi connectivity index (χ3v) is 1.60.